The number of esters is 1. The van der Waals surface area contributed by atoms with Gasteiger partial charge in [-0.3, -0.25) is 0 Å². The van der Waals surface area contributed by atoms with Gasteiger partial charge in [-0.15, -0.1) is 0 Å². The Balaban J connectivity index is 2.33. The minimum Gasteiger partial charge on any atom is -0.449 e. The molecule has 0 fully saturated rings. The van der Waals surface area contributed by atoms with E-state index in [1.165, 1.54) is 6.07 Å². The van der Waals surface area contributed by atoms with Crippen LogP contribution in [-0.4, -0.2) is 12.6 Å². The molecule has 2 aromatic rings. The average molecular weight is 236 g/mol. The minimum absolute atomic E-state index is 0.0625. The van der Waals surface area contributed by atoms with Crippen LogP contribution in [0.5, 0.6) is 0 Å². The summed E-state index contributed by atoms with van der Waals surface area (Å²) in [6.07, 6.45) is 0. The molecule has 0 saturated carbocycles. The van der Waals surface area contributed by atoms with Crippen LogP contribution in [0.4, 0.5) is 0 Å². The highest BCUT2D eigenvalue weighted by atomic mass is 35.5. The molecule has 0 amide bonds. The van der Waals surface area contributed by atoms with Gasteiger partial charge in [0.25, 0.3) is 0 Å². The van der Waals surface area contributed by atoms with E-state index in [-0.39, 0.29) is 12.4 Å². The molecule has 4 nitrogen and oxygen atoms in total. The molecule has 0 aliphatic rings. The largest absolute Gasteiger partial charge is 0.449 e. The Morgan fingerprint density at radius 2 is 2.31 bits per heavy atom. The molecule has 1 aromatic carbocycles. The standard InChI is InChI=1S/C11H6ClNO3/c12-8-1-2-9-7(5-8)6-10(16-9)11(14)15-4-3-13/h1-2,5-6H,4H2. The number of benzene rings is 1. The number of carbonyl (C=O) groups excluding carboxylic acids is 1. The van der Waals surface area contributed by atoms with Crippen LogP contribution in [0.2, 0.25) is 5.02 Å². The lowest BCUT2D eigenvalue weighted by atomic mass is 10.2. The average Bonchev–Trinajstić information content (AvgIpc) is 2.68. The van der Waals surface area contributed by atoms with Crippen LogP contribution in [0.25, 0.3) is 11.0 Å². The number of halogens is 1. The predicted molar refractivity (Wildman–Crippen MR) is 57.1 cm³/mol. The molecule has 2 rings (SSSR count). The summed E-state index contributed by atoms with van der Waals surface area (Å²) in [5.74, 6) is -0.596. The number of fused-ring (bicyclic) bond motifs is 1. The Hall–Kier alpha value is -1.99. The first kappa shape index (κ1) is 10.5. The third-order valence-corrected chi connectivity index (χ3v) is 2.18. The Bertz CT molecular complexity index is 582. The Morgan fingerprint density at radius 3 is 3.06 bits per heavy atom. The van der Waals surface area contributed by atoms with Gasteiger partial charge in [-0.2, -0.15) is 5.26 Å². The van der Waals surface area contributed by atoms with Gasteiger partial charge in [0.15, 0.2) is 6.61 Å². The fourth-order valence-corrected chi connectivity index (χ4v) is 1.46. The summed E-state index contributed by atoms with van der Waals surface area (Å²) >= 11 is 5.79. The van der Waals surface area contributed by atoms with E-state index < -0.39 is 5.97 Å². The van der Waals surface area contributed by atoms with Crippen molar-refractivity contribution in [3.63, 3.8) is 0 Å². The number of hydrogen-bond acceptors (Lipinski definition) is 4. The lowest BCUT2D eigenvalue weighted by Crippen LogP contribution is -2.03. The first-order valence-corrected chi connectivity index (χ1v) is 4.81. The van der Waals surface area contributed by atoms with Crippen molar-refractivity contribution >= 4 is 28.5 Å². The molecule has 0 radical (unpaired) electrons. The van der Waals surface area contributed by atoms with Gasteiger partial charge in [0.2, 0.25) is 5.76 Å². The molecule has 0 saturated heterocycles. The van der Waals surface area contributed by atoms with Crippen LogP contribution < -0.4 is 0 Å². The van der Waals surface area contributed by atoms with E-state index in [4.69, 9.17) is 21.3 Å². The van der Waals surface area contributed by atoms with Gasteiger partial charge in [0, 0.05) is 10.4 Å². The summed E-state index contributed by atoms with van der Waals surface area (Å²) in [6, 6.07) is 8.25. The smallest absolute Gasteiger partial charge is 0.375 e. The van der Waals surface area contributed by atoms with E-state index in [0.29, 0.717) is 10.6 Å². The Kier molecular flexibility index (Phi) is 2.80. The van der Waals surface area contributed by atoms with Crippen LogP contribution in [0.3, 0.4) is 0 Å². The molecule has 0 atom stereocenters. The van der Waals surface area contributed by atoms with Gasteiger partial charge < -0.3 is 9.15 Å². The molecule has 0 aliphatic carbocycles. The van der Waals surface area contributed by atoms with Crippen molar-refractivity contribution in [3.05, 3.63) is 35.0 Å². The number of ether oxygens (including phenoxy) is 1. The lowest BCUT2D eigenvalue weighted by Gasteiger charge is -1.94. The summed E-state index contributed by atoms with van der Waals surface area (Å²) in [7, 11) is 0. The maximum absolute atomic E-state index is 11.4. The van der Waals surface area contributed by atoms with Gasteiger partial charge in [-0.05, 0) is 24.3 Å². The molecule has 0 bridgehead atoms. The number of carbonyl (C=O) groups is 1. The second-order valence-corrected chi connectivity index (χ2v) is 3.46. The Morgan fingerprint density at radius 1 is 1.50 bits per heavy atom. The van der Waals surface area contributed by atoms with Crippen LogP contribution in [-0.2, 0) is 4.74 Å². The van der Waals surface area contributed by atoms with Crippen molar-refractivity contribution < 1.29 is 13.9 Å². The van der Waals surface area contributed by atoms with Gasteiger partial charge >= 0.3 is 5.97 Å². The molecular weight excluding hydrogens is 230 g/mol. The number of furan rings is 1. The zero-order valence-corrected chi connectivity index (χ0v) is 8.82. The van der Waals surface area contributed by atoms with E-state index in [9.17, 15) is 4.79 Å². The first-order valence-electron chi connectivity index (χ1n) is 4.44. The van der Waals surface area contributed by atoms with E-state index in [0.717, 1.165) is 5.39 Å². The van der Waals surface area contributed by atoms with E-state index >= 15 is 0 Å². The molecule has 0 N–H and O–H groups in total. The molecule has 16 heavy (non-hydrogen) atoms. The maximum atomic E-state index is 11.4. The van der Waals surface area contributed by atoms with E-state index in [1.807, 2.05) is 0 Å². The SMILES string of the molecule is N#CCOC(=O)c1cc2cc(Cl)ccc2o1. The van der Waals surface area contributed by atoms with Crippen molar-refractivity contribution in [2.75, 3.05) is 6.61 Å². The summed E-state index contributed by atoms with van der Waals surface area (Å²) in [5.41, 5.74) is 0.549. The van der Waals surface area contributed by atoms with Gasteiger partial charge in [0.1, 0.15) is 11.7 Å². The summed E-state index contributed by atoms with van der Waals surface area (Å²) in [4.78, 5) is 11.4. The van der Waals surface area contributed by atoms with Gasteiger partial charge in [-0.1, -0.05) is 11.6 Å². The third-order valence-electron chi connectivity index (χ3n) is 1.95. The van der Waals surface area contributed by atoms with Crippen molar-refractivity contribution in [1.29, 1.82) is 5.26 Å². The van der Waals surface area contributed by atoms with Crippen LogP contribution in [0, 0.1) is 11.3 Å². The number of hydrogen-bond donors (Lipinski definition) is 0. The summed E-state index contributed by atoms with van der Waals surface area (Å²) < 4.78 is 9.85. The zero-order chi connectivity index (χ0) is 11.5. The maximum Gasteiger partial charge on any atom is 0.375 e. The molecule has 0 aliphatic heterocycles. The van der Waals surface area contributed by atoms with Crippen LogP contribution in [0.1, 0.15) is 10.6 Å². The molecule has 1 heterocycles. The molecule has 80 valence electrons. The summed E-state index contributed by atoms with van der Waals surface area (Å²) in [5, 5.41) is 9.54. The topological polar surface area (TPSA) is 63.2 Å². The number of nitrogens with zero attached hydrogens (tertiary/aromatic N) is 1. The highest BCUT2D eigenvalue weighted by molar-refractivity contribution is 6.31. The highest BCUT2D eigenvalue weighted by Gasteiger charge is 2.13. The fraction of sp³-hybridized carbons (Fsp3) is 0.0909. The third kappa shape index (κ3) is 2.00. The second-order valence-electron chi connectivity index (χ2n) is 3.03. The minimum atomic E-state index is -0.658. The monoisotopic (exact) mass is 235 g/mol. The van der Waals surface area contributed by atoms with Crippen molar-refractivity contribution in [1.82, 2.24) is 0 Å². The number of rotatable bonds is 2. The van der Waals surface area contributed by atoms with Crippen molar-refractivity contribution in [2.24, 2.45) is 0 Å². The molecule has 0 unspecified atom stereocenters. The molecule has 0 spiro atoms. The normalized spacial score (nSPS) is 10.0. The van der Waals surface area contributed by atoms with E-state index in [2.05, 4.69) is 4.74 Å². The van der Waals surface area contributed by atoms with Gasteiger partial charge in [0.05, 0.1) is 0 Å². The zero-order valence-electron chi connectivity index (χ0n) is 8.07. The van der Waals surface area contributed by atoms with Gasteiger partial charge in [-0.25, -0.2) is 4.79 Å². The predicted octanol–water partition coefficient (Wildman–Crippen LogP) is 2.77. The van der Waals surface area contributed by atoms with Crippen molar-refractivity contribution in [3.8, 4) is 6.07 Å². The number of nitriles is 1. The summed E-state index contributed by atoms with van der Waals surface area (Å²) in [6.45, 7) is -0.295. The van der Waals surface area contributed by atoms with Crippen LogP contribution >= 0.6 is 11.6 Å². The molecule has 1 aromatic heterocycles. The lowest BCUT2D eigenvalue weighted by molar-refractivity contribution is 0.0521. The van der Waals surface area contributed by atoms with E-state index in [1.54, 1.807) is 24.3 Å². The second kappa shape index (κ2) is 4.25. The highest BCUT2D eigenvalue weighted by Crippen LogP contribution is 2.23. The Labute approximate surface area is 96.0 Å². The quantitative estimate of drug-likeness (QED) is 0.751. The van der Waals surface area contributed by atoms with Crippen LogP contribution in [0.15, 0.2) is 28.7 Å². The molecular formula is C11H6ClNO3. The molecule has 5 heteroatoms. The fourth-order valence-electron chi connectivity index (χ4n) is 1.28. The first-order chi connectivity index (χ1) is 7.70. The van der Waals surface area contributed by atoms with Crippen molar-refractivity contribution in [2.45, 2.75) is 0 Å².